The molecule has 0 aliphatic rings. The van der Waals surface area contributed by atoms with Gasteiger partial charge in [0.05, 0.1) is 6.61 Å². The molecular weight excluding hydrogens is 268 g/mol. The Morgan fingerprint density at radius 3 is 2.23 bits per heavy atom. The van der Waals surface area contributed by atoms with Crippen LogP contribution in [0.2, 0.25) is 0 Å². The van der Waals surface area contributed by atoms with Crippen molar-refractivity contribution in [3.05, 3.63) is 77.4 Å². The van der Waals surface area contributed by atoms with E-state index >= 15 is 0 Å². The van der Waals surface area contributed by atoms with Crippen LogP contribution in [0.15, 0.2) is 49.6 Å². The molecule has 0 bridgehead atoms. The molecule has 1 aromatic rings. The van der Waals surface area contributed by atoms with E-state index < -0.39 is 0 Å². The van der Waals surface area contributed by atoms with Gasteiger partial charge in [-0.1, -0.05) is 75.6 Å². The average molecular weight is 296 g/mol. The van der Waals surface area contributed by atoms with Crippen LogP contribution in [0.3, 0.4) is 0 Å². The van der Waals surface area contributed by atoms with Gasteiger partial charge in [-0.25, -0.2) is 0 Å². The molecule has 0 atom stereocenters. The maximum atomic E-state index is 9.58. The fourth-order valence-corrected chi connectivity index (χ4v) is 2.15. The lowest BCUT2D eigenvalue weighted by molar-refractivity contribution is 0.281. The molecule has 0 spiro atoms. The Morgan fingerprint density at radius 1 is 1.05 bits per heavy atom. The van der Waals surface area contributed by atoms with Crippen molar-refractivity contribution >= 4 is 18.2 Å². The van der Waals surface area contributed by atoms with E-state index in [0.717, 1.165) is 27.8 Å². The fraction of sp³-hybridized carbons (Fsp3) is 0.238. The molecule has 0 aliphatic carbocycles. The van der Waals surface area contributed by atoms with Crippen LogP contribution in [0.25, 0.3) is 18.2 Å². The average Bonchev–Trinajstić information content (AvgIpc) is 2.55. The quantitative estimate of drug-likeness (QED) is 0.643. The number of hydrogen-bond acceptors (Lipinski definition) is 1. The summed E-state index contributed by atoms with van der Waals surface area (Å²) < 4.78 is 0. The summed E-state index contributed by atoms with van der Waals surface area (Å²) in [4.78, 5) is 0. The number of hydrogen-bond donors (Lipinski definition) is 1. The van der Waals surface area contributed by atoms with Crippen molar-refractivity contribution < 1.29 is 5.11 Å². The molecule has 0 amide bonds. The van der Waals surface area contributed by atoms with Crippen molar-refractivity contribution in [2.75, 3.05) is 0 Å². The van der Waals surface area contributed by atoms with Crippen molar-refractivity contribution in [3.63, 3.8) is 0 Å². The third-order valence-electron chi connectivity index (χ3n) is 3.15. The lowest BCUT2D eigenvalue weighted by Gasteiger charge is -2.14. The summed E-state index contributed by atoms with van der Waals surface area (Å²) >= 11 is 0. The van der Waals surface area contributed by atoms with Crippen LogP contribution in [0.5, 0.6) is 0 Å². The van der Waals surface area contributed by atoms with Gasteiger partial charge in [0.15, 0.2) is 0 Å². The van der Waals surface area contributed by atoms with Crippen LogP contribution in [0.1, 0.15) is 48.6 Å². The van der Waals surface area contributed by atoms with E-state index in [0.29, 0.717) is 0 Å². The summed E-state index contributed by atoms with van der Waals surface area (Å²) in [5, 5.41) is 9.58. The van der Waals surface area contributed by atoms with Gasteiger partial charge in [-0.05, 0) is 47.7 Å². The van der Waals surface area contributed by atoms with Gasteiger partial charge < -0.3 is 5.11 Å². The van der Waals surface area contributed by atoms with Gasteiger partial charge in [-0.2, -0.15) is 0 Å². The van der Waals surface area contributed by atoms with E-state index in [1.807, 2.05) is 76.3 Å². The number of aliphatic hydroxyl groups is 1. The Bertz CT molecular complexity index is 572. The molecule has 0 fully saturated rings. The molecule has 22 heavy (non-hydrogen) atoms. The van der Waals surface area contributed by atoms with E-state index in [1.54, 1.807) is 6.08 Å². The monoisotopic (exact) mass is 296 g/mol. The largest absolute Gasteiger partial charge is 0.392 e. The molecule has 0 aliphatic heterocycles. The molecular formula is C21H28O. The number of benzene rings is 1. The van der Waals surface area contributed by atoms with Crippen LogP contribution in [-0.4, -0.2) is 5.11 Å². The van der Waals surface area contributed by atoms with E-state index in [4.69, 9.17) is 0 Å². The standard InChI is InChI=1S/C19H22O.C2H6/c1-5-8-10-11-16-13-17(14-20)19(12-9-6-2)15(4)18(16)7-3;1-2/h5-13,20H,2-3,14H2,1,4H3;1-2H3/b8-5-,11-10-,12-9-;. The highest BCUT2D eigenvalue weighted by molar-refractivity contribution is 5.74. The molecule has 1 aromatic carbocycles. The van der Waals surface area contributed by atoms with Crippen LogP contribution >= 0.6 is 0 Å². The second-order valence-corrected chi connectivity index (χ2v) is 4.42. The summed E-state index contributed by atoms with van der Waals surface area (Å²) in [6, 6.07) is 2.01. The third kappa shape index (κ3) is 5.34. The molecule has 0 unspecified atom stereocenters. The molecule has 1 rings (SSSR count). The molecule has 0 radical (unpaired) electrons. The summed E-state index contributed by atoms with van der Waals surface area (Å²) in [6.45, 7) is 15.6. The highest BCUT2D eigenvalue weighted by atomic mass is 16.3. The molecule has 118 valence electrons. The zero-order valence-corrected chi connectivity index (χ0v) is 14.3. The van der Waals surface area contributed by atoms with Crippen molar-refractivity contribution in [2.24, 2.45) is 0 Å². The first-order chi connectivity index (χ1) is 10.7. The van der Waals surface area contributed by atoms with Crippen LogP contribution < -0.4 is 0 Å². The van der Waals surface area contributed by atoms with Crippen molar-refractivity contribution in [2.45, 2.75) is 34.3 Å². The van der Waals surface area contributed by atoms with Crippen molar-refractivity contribution in [1.29, 1.82) is 0 Å². The van der Waals surface area contributed by atoms with Gasteiger partial charge >= 0.3 is 0 Å². The van der Waals surface area contributed by atoms with Gasteiger partial charge in [0.25, 0.3) is 0 Å². The van der Waals surface area contributed by atoms with Gasteiger partial charge in [0.2, 0.25) is 0 Å². The highest BCUT2D eigenvalue weighted by Crippen LogP contribution is 2.26. The maximum absolute atomic E-state index is 9.58. The Morgan fingerprint density at radius 2 is 1.73 bits per heavy atom. The summed E-state index contributed by atoms with van der Waals surface area (Å²) in [5.41, 5.74) is 5.21. The fourth-order valence-electron chi connectivity index (χ4n) is 2.15. The van der Waals surface area contributed by atoms with Crippen molar-refractivity contribution in [3.8, 4) is 0 Å². The first-order valence-corrected chi connectivity index (χ1v) is 7.67. The normalized spacial score (nSPS) is 11.0. The Hall–Kier alpha value is -2.12. The molecule has 1 N–H and O–H groups in total. The maximum Gasteiger partial charge on any atom is 0.0687 e. The highest BCUT2D eigenvalue weighted by Gasteiger charge is 2.09. The summed E-state index contributed by atoms with van der Waals surface area (Å²) in [7, 11) is 0. The van der Waals surface area contributed by atoms with Gasteiger partial charge in [0, 0.05) is 0 Å². The summed E-state index contributed by atoms with van der Waals surface area (Å²) in [5.74, 6) is 0. The second-order valence-electron chi connectivity index (χ2n) is 4.42. The smallest absolute Gasteiger partial charge is 0.0687 e. The third-order valence-corrected chi connectivity index (χ3v) is 3.15. The SMILES string of the molecule is C=C/C=C\c1c(CO)cc(/C=C\C=C/C)c(C=C)c1C.CC. The Kier molecular flexibility index (Phi) is 10.4. The topological polar surface area (TPSA) is 20.2 Å². The van der Waals surface area contributed by atoms with Crippen LogP contribution in [0.4, 0.5) is 0 Å². The molecule has 1 nitrogen and oxygen atoms in total. The second kappa shape index (κ2) is 11.5. The van der Waals surface area contributed by atoms with Crippen molar-refractivity contribution in [1.82, 2.24) is 0 Å². The van der Waals surface area contributed by atoms with E-state index in [1.165, 1.54) is 0 Å². The molecule has 1 heteroatoms. The first-order valence-electron chi connectivity index (χ1n) is 7.67. The zero-order valence-electron chi connectivity index (χ0n) is 14.3. The molecule has 0 heterocycles. The van der Waals surface area contributed by atoms with E-state index in [2.05, 4.69) is 13.2 Å². The van der Waals surface area contributed by atoms with Crippen LogP contribution in [-0.2, 0) is 6.61 Å². The van der Waals surface area contributed by atoms with E-state index in [-0.39, 0.29) is 6.61 Å². The van der Waals surface area contributed by atoms with Gasteiger partial charge in [0.1, 0.15) is 0 Å². The van der Waals surface area contributed by atoms with E-state index in [9.17, 15) is 5.11 Å². The lowest BCUT2D eigenvalue weighted by Crippen LogP contribution is -1.98. The number of allylic oxidation sites excluding steroid dienone is 5. The molecule has 0 aromatic heterocycles. The van der Waals surface area contributed by atoms with Gasteiger partial charge in [-0.3, -0.25) is 0 Å². The van der Waals surface area contributed by atoms with Gasteiger partial charge in [-0.15, -0.1) is 0 Å². The summed E-state index contributed by atoms with van der Waals surface area (Å²) in [6.07, 6.45) is 15.4. The minimum Gasteiger partial charge on any atom is -0.392 e. The minimum atomic E-state index is 0.0134. The first kappa shape index (κ1) is 19.9. The Balaban J connectivity index is 0.00000211. The predicted octanol–water partition coefficient (Wildman–Crippen LogP) is 5.95. The number of aliphatic hydroxyl groups excluding tert-OH is 1. The predicted molar refractivity (Wildman–Crippen MR) is 102 cm³/mol. The lowest BCUT2D eigenvalue weighted by atomic mass is 9.92. The Labute approximate surface area is 135 Å². The zero-order chi connectivity index (χ0) is 17.0. The minimum absolute atomic E-state index is 0.0134. The molecule has 0 saturated carbocycles. The number of rotatable bonds is 6. The molecule has 0 saturated heterocycles. The van der Waals surface area contributed by atoms with Crippen LogP contribution in [0, 0.1) is 6.92 Å².